The van der Waals surface area contributed by atoms with Gasteiger partial charge in [-0.05, 0) is 49.9 Å². The molecule has 0 saturated carbocycles. The Morgan fingerprint density at radius 3 is 2.44 bits per heavy atom. The first-order valence-electron chi connectivity index (χ1n) is 11.2. The predicted octanol–water partition coefficient (Wildman–Crippen LogP) is 4.86. The lowest BCUT2D eigenvalue weighted by molar-refractivity contribution is 0.0263. The first kappa shape index (κ1) is 26.3. The molecule has 0 unspecified atom stereocenters. The molecule has 0 spiro atoms. The van der Waals surface area contributed by atoms with Crippen LogP contribution in [-0.4, -0.2) is 50.3 Å². The second-order valence-corrected chi connectivity index (χ2v) is 7.57. The van der Waals surface area contributed by atoms with Gasteiger partial charge in [0.05, 0.1) is 19.8 Å². The Kier molecular flexibility index (Phi) is 11.7. The quantitative estimate of drug-likeness (QED) is 0.273. The van der Waals surface area contributed by atoms with Gasteiger partial charge in [-0.25, -0.2) is 4.99 Å². The van der Waals surface area contributed by atoms with Crippen LogP contribution in [0.1, 0.15) is 37.8 Å². The Morgan fingerprint density at radius 2 is 1.78 bits per heavy atom. The van der Waals surface area contributed by atoms with Crippen LogP contribution in [-0.2, 0) is 17.9 Å². The minimum Gasteiger partial charge on any atom is -0.493 e. The van der Waals surface area contributed by atoms with Crippen LogP contribution in [0.2, 0.25) is 0 Å². The van der Waals surface area contributed by atoms with E-state index >= 15 is 0 Å². The molecule has 1 aliphatic heterocycles. The van der Waals surface area contributed by atoms with Gasteiger partial charge in [0, 0.05) is 26.2 Å². The zero-order chi connectivity index (χ0) is 21.9. The minimum absolute atomic E-state index is 0. The minimum atomic E-state index is 0. The highest BCUT2D eigenvalue weighted by Crippen LogP contribution is 2.29. The smallest absolute Gasteiger partial charge is 0.194 e. The normalized spacial score (nSPS) is 14.6. The Morgan fingerprint density at radius 1 is 1.03 bits per heavy atom. The summed E-state index contributed by atoms with van der Waals surface area (Å²) in [5, 5.41) is 3.43. The van der Waals surface area contributed by atoms with Crippen LogP contribution < -0.4 is 14.8 Å². The van der Waals surface area contributed by atoms with Crippen molar-refractivity contribution in [1.82, 2.24) is 10.2 Å². The van der Waals surface area contributed by atoms with Gasteiger partial charge in [-0.15, -0.1) is 24.0 Å². The SMILES string of the molecule is CCNC(=NCc1ccc(OCc2ccccc2)c(OC)c1)N1CCC(OCC)CC1.I. The monoisotopic (exact) mass is 553 g/mol. The summed E-state index contributed by atoms with van der Waals surface area (Å²) in [5.74, 6) is 2.43. The summed E-state index contributed by atoms with van der Waals surface area (Å²) >= 11 is 0. The van der Waals surface area contributed by atoms with Gasteiger partial charge in [0.15, 0.2) is 17.5 Å². The predicted molar refractivity (Wildman–Crippen MR) is 140 cm³/mol. The number of benzene rings is 2. The number of hydrogen-bond donors (Lipinski definition) is 1. The molecule has 1 fully saturated rings. The highest BCUT2D eigenvalue weighted by atomic mass is 127. The number of aliphatic imine (C=N–C) groups is 1. The Hall–Kier alpha value is -2.00. The van der Waals surface area contributed by atoms with Crippen molar-refractivity contribution in [2.24, 2.45) is 4.99 Å². The number of rotatable bonds is 9. The van der Waals surface area contributed by atoms with Crippen LogP contribution in [0.15, 0.2) is 53.5 Å². The third-order valence-electron chi connectivity index (χ3n) is 5.36. The summed E-state index contributed by atoms with van der Waals surface area (Å²) in [6.07, 6.45) is 2.45. The number of piperidine rings is 1. The van der Waals surface area contributed by atoms with Gasteiger partial charge in [0.2, 0.25) is 0 Å². The number of halogens is 1. The van der Waals surface area contributed by atoms with E-state index in [9.17, 15) is 0 Å². The molecule has 2 aromatic rings. The summed E-state index contributed by atoms with van der Waals surface area (Å²) in [6, 6.07) is 16.2. The summed E-state index contributed by atoms with van der Waals surface area (Å²) in [5.41, 5.74) is 2.21. The summed E-state index contributed by atoms with van der Waals surface area (Å²) in [7, 11) is 1.67. The van der Waals surface area contributed by atoms with Crippen LogP contribution in [0.3, 0.4) is 0 Å². The third-order valence-corrected chi connectivity index (χ3v) is 5.36. The van der Waals surface area contributed by atoms with Crippen molar-refractivity contribution < 1.29 is 14.2 Å². The van der Waals surface area contributed by atoms with E-state index in [0.29, 0.717) is 19.3 Å². The molecule has 1 N–H and O–H groups in total. The second-order valence-electron chi connectivity index (χ2n) is 7.57. The second kappa shape index (κ2) is 14.2. The standard InChI is InChI=1S/C25H35N3O3.HI/c1-4-26-25(28-15-13-22(14-16-28)30-5-2)27-18-21-11-12-23(24(17-21)29-3)31-19-20-9-7-6-8-10-20;/h6-12,17,22H,4-5,13-16,18-19H2,1-3H3,(H,26,27);1H. The van der Waals surface area contributed by atoms with Gasteiger partial charge >= 0.3 is 0 Å². The highest BCUT2D eigenvalue weighted by molar-refractivity contribution is 14.0. The molecule has 176 valence electrons. The number of nitrogens with zero attached hydrogens (tertiary/aromatic N) is 2. The van der Waals surface area contributed by atoms with Gasteiger partial charge in [0.25, 0.3) is 0 Å². The molecule has 2 aromatic carbocycles. The molecule has 32 heavy (non-hydrogen) atoms. The summed E-state index contributed by atoms with van der Waals surface area (Å²) in [4.78, 5) is 7.20. The molecule has 0 amide bonds. The topological polar surface area (TPSA) is 55.3 Å². The molecule has 1 aliphatic rings. The van der Waals surface area contributed by atoms with Crippen molar-refractivity contribution >= 4 is 29.9 Å². The molecule has 0 aromatic heterocycles. The van der Waals surface area contributed by atoms with Gasteiger partial charge in [-0.2, -0.15) is 0 Å². The molecule has 0 radical (unpaired) electrons. The number of ether oxygens (including phenoxy) is 3. The number of likely N-dealkylation sites (tertiary alicyclic amines) is 1. The van der Waals surface area contributed by atoms with Crippen LogP contribution in [0.4, 0.5) is 0 Å². The molecular formula is C25H36IN3O3. The van der Waals surface area contributed by atoms with E-state index in [-0.39, 0.29) is 24.0 Å². The molecule has 6 nitrogen and oxygen atoms in total. The lowest BCUT2D eigenvalue weighted by atomic mass is 10.1. The lowest BCUT2D eigenvalue weighted by Crippen LogP contribution is -2.47. The average Bonchev–Trinajstić information content (AvgIpc) is 2.82. The first-order valence-corrected chi connectivity index (χ1v) is 11.2. The van der Waals surface area contributed by atoms with E-state index in [1.54, 1.807) is 7.11 Å². The van der Waals surface area contributed by atoms with E-state index in [0.717, 1.165) is 67.7 Å². The molecule has 0 bridgehead atoms. The molecule has 3 rings (SSSR count). The van der Waals surface area contributed by atoms with Gasteiger partial charge in [0.1, 0.15) is 6.61 Å². The van der Waals surface area contributed by atoms with Crippen LogP contribution in [0.5, 0.6) is 11.5 Å². The van der Waals surface area contributed by atoms with Crippen molar-refractivity contribution in [2.75, 3.05) is 33.4 Å². The average molecular weight is 553 g/mol. The van der Waals surface area contributed by atoms with Crippen molar-refractivity contribution in [3.05, 3.63) is 59.7 Å². The lowest BCUT2D eigenvalue weighted by Gasteiger charge is -2.34. The van der Waals surface area contributed by atoms with Crippen molar-refractivity contribution in [3.8, 4) is 11.5 Å². The largest absolute Gasteiger partial charge is 0.493 e. The highest BCUT2D eigenvalue weighted by Gasteiger charge is 2.21. The van der Waals surface area contributed by atoms with E-state index in [1.165, 1.54) is 0 Å². The fourth-order valence-electron chi connectivity index (χ4n) is 3.73. The number of methoxy groups -OCH3 is 1. The van der Waals surface area contributed by atoms with Gasteiger partial charge < -0.3 is 24.4 Å². The summed E-state index contributed by atoms with van der Waals surface area (Å²) in [6.45, 7) is 8.82. The van der Waals surface area contributed by atoms with Crippen LogP contribution >= 0.6 is 24.0 Å². The molecule has 1 heterocycles. The van der Waals surface area contributed by atoms with Gasteiger partial charge in [-0.1, -0.05) is 36.4 Å². The summed E-state index contributed by atoms with van der Waals surface area (Å²) < 4.78 is 17.3. The van der Waals surface area contributed by atoms with E-state index in [1.807, 2.05) is 30.3 Å². The van der Waals surface area contributed by atoms with Crippen molar-refractivity contribution in [1.29, 1.82) is 0 Å². The zero-order valence-corrected chi connectivity index (χ0v) is 21.7. The molecule has 0 aliphatic carbocycles. The van der Waals surface area contributed by atoms with E-state index in [2.05, 4.69) is 42.3 Å². The Bertz CT molecular complexity index is 824. The fraction of sp³-hybridized carbons (Fsp3) is 0.480. The zero-order valence-electron chi connectivity index (χ0n) is 19.4. The fourth-order valence-corrected chi connectivity index (χ4v) is 3.73. The van der Waals surface area contributed by atoms with Gasteiger partial charge in [-0.3, -0.25) is 0 Å². The maximum absolute atomic E-state index is 5.97. The molecule has 1 saturated heterocycles. The van der Waals surface area contributed by atoms with E-state index < -0.39 is 0 Å². The molecule has 0 atom stereocenters. The van der Waals surface area contributed by atoms with Crippen LogP contribution in [0.25, 0.3) is 0 Å². The Balaban J connectivity index is 0.00000363. The third kappa shape index (κ3) is 7.85. The number of hydrogen-bond acceptors (Lipinski definition) is 4. The molecule has 7 heteroatoms. The molecular weight excluding hydrogens is 517 g/mol. The number of nitrogens with one attached hydrogen (secondary N) is 1. The maximum Gasteiger partial charge on any atom is 0.194 e. The maximum atomic E-state index is 5.97. The number of guanidine groups is 1. The van der Waals surface area contributed by atoms with Crippen molar-refractivity contribution in [2.45, 2.75) is 45.9 Å². The Labute approximate surface area is 209 Å². The van der Waals surface area contributed by atoms with Crippen LogP contribution in [0, 0.1) is 0 Å². The van der Waals surface area contributed by atoms with E-state index in [4.69, 9.17) is 19.2 Å². The van der Waals surface area contributed by atoms with Crippen molar-refractivity contribution in [3.63, 3.8) is 0 Å². The first-order chi connectivity index (χ1) is 15.2.